The standard InChI is InChI=1S/C16H10F5NO3/c1-8(23)25-14-12(6-10(17)7-13(14)18)15(24)22-11-4-2-9(3-5-11)16(19,20)21/h2-7H,1H3,(H,22,24). The molecule has 0 aliphatic heterocycles. The van der Waals surface area contributed by atoms with E-state index in [0.717, 1.165) is 31.2 Å². The van der Waals surface area contributed by atoms with Crippen LogP contribution in [0.2, 0.25) is 0 Å². The lowest BCUT2D eigenvalue weighted by atomic mass is 10.1. The van der Waals surface area contributed by atoms with E-state index >= 15 is 0 Å². The van der Waals surface area contributed by atoms with Gasteiger partial charge in [0, 0.05) is 18.7 Å². The molecule has 9 heteroatoms. The summed E-state index contributed by atoms with van der Waals surface area (Å²) in [6.45, 7) is 0.959. The van der Waals surface area contributed by atoms with Gasteiger partial charge >= 0.3 is 12.1 Å². The number of ether oxygens (including phenoxy) is 1. The number of rotatable bonds is 3. The van der Waals surface area contributed by atoms with Crippen LogP contribution in [0.4, 0.5) is 27.6 Å². The van der Waals surface area contributed by atoms with Crippen molar-refractivity contribution >= 4 is 17.6 Å². The third kappa shape index (κ3) is 4.52. The first-order chi connectivity index (χ1) is 11.6. The van der Waals surface area contributed by atoms with Crippen LogP contribution in [0.15, 0.2) is 36.4 Å². The summed E-state index contributed by atoms with van der Waals surface area (Å²) in [5.74, 6) is -5.14. The highest BCUT2D eigenvalue weighted by Crippen LogP contribution is 2.30. The molecule has 0 spiro atoms. The lowest BCUT2D eigenvalue weighted by Gasteiger charge is -2.12. The number of carbonyl (C=O) groups excluding carboxylic acids is 2. The molecule has 0 heterocycles. The number of esters is 1. The average Bonchev–Trinajstić information content (AvgIpc) is 2.49. The molecule has 0 atom stereocenters. The first kappa shape index (κ1) is 18.4. The molecule has 25 heavy (non-hydrogen) atoms. The van der Waals surface area contributed by atoms with Crippen LogP contribution in [-0.4, -0.2) is 11.9 Å². The Morgan fingerprint density at radius 2 is 1.64 bits per heavy atom. The van der Waals surface area contributed by atoms with Gasteiger partial charge in [-0.05, 0) is 30.3 Å². The van der Waals surface area contributed by atoms with Crippen molar-refractivity contribution in [2.24, 2.45) is 0 Å². The molecule has 4 nitrogen and oxygen atoms in total. The molecule has 1 N–H and O–H groups in total. The molecular weight excluding hydrogens is 349 g/mol. The summed E-state index contributed by atoms with van der Waals surface area (Å²) in [5, 5.41) is 2.17. The lowest BCUT2D eigenvalue weighted by Crippen LogP contribution is -2.16. The minimum atomic E-state index is -4.54. The number of benzene rings is 2. The fourth-order valence-corrected chi connectivity index (χ4v) is 1.92. The molecule has 1 amide bonds. The molecule has 2 rings (SSSR count). The maximum atomic E-state index is 13.7. The van der Waals surface area contributed by atoms with Crippen LogP contribution >= 0.6 is 0 Å². The van der Waals surface area contributed by atoms with Gasteiger partial charge in [-0.3, -0.25) is 9.59 Å². The normalized spacial score (nSPS) is 11.1. The Labute approximate surface area is 138 Å². The fourth-order valence-electron chi connectivity index (χ4n) is 1.92. The zero-order valence-electron chi connectivity index (χ0n) is 12.6. The first-order valence-corrected chi connectivity index (χ1v) is 6.74. The third-order valence-electron chi connectivity index (χ3n) is 2.97. The Morgan fingerprint density at radius 3 is 2.16 bits per heavy atom. The zero-order chi connectivity index (χ0) is 18.8. The van der Waals surface area contributed by atoms with Crippen molar-refractivity contribution in [3.8, 4) is 5.75 Å². The second-order valence-corrected chi connectivity index (χ2v) is 4.89. The van der Waals surface area contributed by atoms with Crippen LogP contribution in [0.5, 0.6) is 5.75 Å². The van der Waals surface area contributed by atoms with Crippen LogP contribution in [0.3, 0.4) is 0 Å². The second-order valence-electron chi connectivity index (χ2n) is 4.89. The van der Waals surface area contributed by atoms with Gasteiger partial charge in [-0.2, -0.15) is 13.2 Å². The minimum absolute atomic E-state index is 0.0450. The van der Waals surface area contributed by atoms with E-state index in [2.05, 4.69) is 10.1 Å². The summed E-state index contributed by atoms with van der Waals surface area (Å²) in [4.78, 5) is 23.1. The summed E-state index contributed by atoms with van der Waals surface area (Å²) in [6.07, 6.45) is -4.54. The van der Waals surface area contributed by atoms with E-state index in [1.807, 2.05) is 0 Å². The van der Waals surface area contributed by atoms with Crippen LogP contribution in [-0.2, 0) is 11.0 Å². The fraction of sp³-hybridized carbons (Fsp3) is 0.125. The van der Waals surface area contributed by atoms with E-state index < -0.39 is 46.6 Å². The number of hydrogen-bond acceptors (Lipinski definition) is 3. The van der Waals surface area contributed by atoms with Gasteiger partial charge < -0.3 is 10.1 Å². The Hall–Kier alpha value is -2.97. The number of nitrogens with one attached hydrogen (secondary N) is 1. The molecule has 0 fully saturated rings. The number of anilines is 1. The van der Waals surface area contributed by atoms with Gasteiger partial charge in [-0.1, -0.05) is 0 Å². The van der Waals surface area contributed by atoms with Gasteiger partial charge in [0.05, 0.1) is 11.1 Å². The number of hydrogen-bond donors (Lipinski definition) is 1. The number of amides is 1. The van der Waals surface area contributed by atoms with Crippen LogP contribution < -0.4 is 10.1 Å². The molecule has 2 aromatic carbocycles. The SMILES string of the molecule is CC(=O)Oc1c(F)cc(F)cc1C(=O)Nc1ccc(C(F)(F)F)cc1. The first-order valence-electron chi connectivity index (χ1n) is 6.74. The summed E-state index contributed by atoms with van der Waals surface area (Å²) >= 11 is 0. The van der Waals surface area contributed by atoms with Crippen molar-refractivity contribution in [3.05, 3.63) is 59.2 Å². The van der Waals surface area contributed by atoms with E-state index in [1.165, 1.54) is 0 Å². The molecule has 0 radical (unpaired) electrons. The molecule has 132 valence electrons. The molecular formula is C16H10F5NO3. The molecule has 0 aromatic heterocycles. The Balaban J connectivity index is 2.30. The molecule has 0 aliphatic rings. The van der Waals surface area contributed by atoms with Crippen LogP contribution in [0.25, 0.3) is 0 Å². The van der Waals surface area contributed by atoms with Gasteiger partial charge in [-0.15, -0.1) is 0 Å². The highest BCUT2D eigenvalue weighted by molar-refractivity contribution is 6.06. The van der Waals surface area contributed by atoms with E-state index in [0.29, 0.717) is 12.1 Å². The van der Waals surface area contributed by atoms with Crippen molar-refractivity contribution in [2.45, 2.75) is 13.1 Å². The van der Waals surface area contributed by atoms with Crippen molar-refractivity contribution in [2.75, 3.05) is 5.32 Å². The largest absolute Gasteiger partial charge is 0.423 e. The van der Waals surface area contributed by atoms with Crippen molar-refractivity contribution in [1.82, 2.24) is 0 Å². The van der Waals surface area contributed by atoms with Gasteiger partial charge in [0.25, 0.3) is 5.91 Å². The molecule has 0 saturated carbocycles. The molecule has 0 unspecified atom stereocenters. The Kier molecular flexibility index (Phi) is 5.05. The van der Waals surface area contributed by atoms with Crippen molar-refractivity contribution < 1.29 is 36.3 Å². The van der Waals surface area contributed by atoms with Gasteiger partial charge in [0.15, 0.2) is 11.6 Å². The predicted molar refractivity (Wildman–Crippen MR) is 77.1 cm³/mol. The zero-order valence-corrected chi connectivity index (χ0v) is 12.6. The Bertz CT molecular complexity index is 816. The summed E-state index contributed by atoms with van der Waals surface area (Å²) in [6, 6.07) is 4.47. The van der Waals surface area contributed by atoms with Crippen LogP contribution in [0.1, 0.15) is 22.8 Å². The maximum absolute atomic E-state index is 13.7. The van der Waals surface area contributed by atoms with Gasteiger partial charge in [0.1, 0.15) is 5.82 Å². The quantitative estimate of drug-likeness (QED) is 0.509. The van der Waals surface area contributed by atoms with Crippen LogP contribution in [0, 0.1) is 11.6 Å². The molecule has 0 bridgehead atoms. The minimum Gasteiger partial charge on any atom is -0.423 e. The smallest absolute Gasteiger partial charge is 0.416 e. The van der Waals surface area contributed by atoms with E-state index in [4.69, 9.17) is 0 Å². The Morgan fingerprint density at radius 1 is 1.04 bits per heavy atom. The van der Waals surface area contributed by atoms with E-state index in [9.17, 15) is 31.5 Å². The number of carbonyl (C=O) groups is 2. The van der Waals surface area contributed by atoms with E-state index in [1.54, 1.807) is 0 Å². The highest BCUT2D eigenvalue weighted by Gasteiger charge is 2.30. The molecule has 0 aliphatic carbocycles. The molecule has 2 aromatic rings. The van der Waals surface area contributed by atoms with Crippen molar-refractivity contribution in [3.63, 3.8) is 0 Å². The van der Waals surface area contributed by atoms with Gasteiger partial charge in [0.2, 0.25) is 0 Å². The monoisotopic (exact) mass is 359 g/mol. The van der Waals surface area contributed by atoms with Gasteiger partial charge in [-0.25, -0.2) is 8.78 Å². The molecule has 0 saturated heterocycles. The number of halogens is 5. The van der Waals surface area contributed by atoms with E-state index in [-0.39, 0.29) is 5.69 Å². The summed E-state index contributed by atoms with van der Waals surface area (Å²) in [7, 11) is 0. The predicted octanol–water partition coefficient (Wildman–Crippen LogP) is 4.16. The highest BCUT2D eigenvalue weighted by atomic mass is 19.4. The summed E-state index contributed by atoms with van der Waals surface area (Å²) < 4.78 is 69.1. The number of alkyl halides is 3. The average molecular weight is 359 g/mol. The summed E-state index contributed by atoms with van der Waals surface area (Å²) in [5.41, 5.74) is -1.59. The second kappa shape index (κ2) is 6.88. The topological polar surface area (TPSA) is 55.4 Å². The van der Waals surface area contributed by atoms with Crippen molar-refractivity contribution in [1.29, 1.82) is 0 Å². The maximum Gasteiger partial charge on any atom is 0.416 e. The lowest BCUT2D eigenvalue weighted by molar-refractivity contribution is -0.137. The third-order valence-corrected chi connectivity index (χ3v) is 2.97.